The van der Waals surface area contributed by atoms with Gasteiger partial charge in [-0.25, -0.2) is 0 Å². The monoisotopic (exact) mass is 678 g/mol. The van der Waals surface area contributed by atoms with Crippen LogP contribution in [0.5, 0.6) is 0 Å². The molecule has 0 aromatic heterocycles. The number of ether oxygens (including phenoxy) is 1. The Morgan fingerprint density at radius 1 is 0.980 bits per heavy atom. The first-order valence-electron chi connectivity index (χ1n) is 19.7. The molecule has 6 rings (SSSR count). The van der Waals surface area contributed by atoms with Gasteiger partial charge in [-0.05, 0) is 142 Å². The van der Waals surface area contributed by atoms with Crippen LogP contribution in [-0.2, 0) is 19.1 Å². The van der Waals surface area contributed by atoms with E-state index in [-0.39, 0.29) is 52.6 Å². The molecule has 11 atom stereocenters. The molecule has 7 heteroatoms. The maximum absolute atomic E-state index is 14.4. The lowest BCUT2D eigenvalue weighted by molar-refractivity contribution is -0.196. The Morgan fingerprint density at radius 2 is 1.71 bits per heavy atom. The predicted octanol–water partition coefficient (Wildman–Crippen LogP) is 8.22. The summed E-state index contributed by atoms with van der Waals surface area (Å²) in [5.41, 5.74) is 7.96. The minimum atomic E-state index is -0.887. The number of amides is 1. The van der Waals surface area contributed by atoms with E-state index < -0.39 is 11.4 Å². The van der Waals surface area contributed by atoms with Gasteiger partial charge in [-0.2, -0.15) is 0 Å². The van der Waals surface area contributed by atoms with Crippen molar-refractivity contribution in [3.8, 4) is 0 Å². The van der Waals surface area contributed by atoms with Crippen LogP contribution >= 0.6 is 0 Å². The van der Waals surface area contributed by atoms with Crippen LogP contribution in [0.3, 0.4) is 0 Å². The number of carbonyl (C=O) groups is 3. The molecule has 7 nitrogen and oxygen atoms in total. The van der Waals surface area contributed by atoms with Gasteiger partial charge in [0.05, 0.1) is 18.3 Å². The van der Waals surface area contributed by atoms with Crippen LogP contribution in [0.25, 0.3) is 0 Å². The number of fused-ring (bicyclic) bond motifs is 7. The highest BCUT2D eigenvalue weighted by molar-refractivity contribution is 5.84. The van der Waals surface area contributed by atoms with Crippen molar-refractivity contribution in [3.05, 3.63) is 23.8 Å². The zero-order valence-electron chi connectivity index (χ0n) is 31.7. The molecule has 274 valence electrons. The summed E-state index contributed by atoms with van der Waals surface area (Å²) < 4.78 is 6.24. The van der Waals surface area contributed by atoms with E-state index >= 15 is 0 Å². The summed E-state index contributed by atoms with van der Waals surface area (Å²) in [7, 11) is 0. The molecule has 49 heavy (non-hydrogen) atoms. The van der Waals surface area contributed by atoms with E-state index in [1.165, 1.54) is 12.0 Å². The van der Waals surface area contributed by atoms with Crippen LogP contribution in [0.4, 0.5) is 0 Å². The number of allylic oxidation sites excluding steroid dienone is 3. The van der Waals surface area contributed by atoms with Crippen LogP contribution in [0, 0.1) is 62.6 Å². The highest BCUT2D eigenvalue weighted by atomic mass is 16.5. The Bertz CT molecular complexity index is 1380. The highest BCUT2D eigenvalue weighted by Gasteiger charge is 2.67. The van der Waals surface area contributed by atoms with E-state index in [1.807, 2.05) is 13.8 Å². The second-order valence-corrected chi connectivity index (χ2v) is 19.6. The molecule has 1 amide bonds. The van der Waals surface area contributed by atoms with Crippen molar-refractivity contribution in [2.45, 2.75) is 151 Å². The van der Waals surface area contributed by atoms with E-state index in [0.29, 0.717) is 48.0 Å². The van der Waals surface area contributed by atoms with Crippen molar-refractivity contribution in [3.63, 3.8) is 0 Å². The van der Waals surface area contributed by atoms with Gasteiger partial charge in [0.15, 0.2) is 0 Å². The van der Waals surface area contributed by atoms with E-state index in [4.69, 9.17) is 10.5 Å². The van der Waals surface area contributed by atoms with Gasteiger partial charge in [0.2, 0.25) is 5.91 Å². The number of nitrogens with two attached hydrogens (primary N) is 1. The molecule has 0 heterocycles. The summed E-state index contributed by atoms with van der Waals surface area (Å²) in [6.07, 6.45) is 14.9. The SMILES string of the molecule is C=C(C)[C@@H]1CC[C@]2(C(=O)NC3CCC(CN)C3)CC=C3[C@H](CC[C@@H]4[C@@]5(C)CCC(OC(=O)CC(C)(C)CC(=O)O)C(C)(C)[C@@H]5CC[C@@]34C)[C@@H]12. The Kier molecular flexibility index (Phi) is 9.58. The molecular formula is C42H66N2O5. The minimum Gasteiger partial charge on any atom is -0.481 e. The number of rotatable bonds is 9. The molecule has 6 aliphatic carbocycles. The van der Waals surface area contributed by atoms with Gasteiger partial charge >= 0.3 is 11.9 Å². The molecule has 5 saturated carbocycles. The van der Waals surface area contributed by atoms with Crippen molar-refractivity contribution >= 4 is 17.8 Å². The molecule has 0 aromatic carbocycles. The molecule has 3 unspecified atom stereocenters. The highest BCUT2D eigenvalue weighted by Crippen LogP contribution is 2.72. The average Bonchev–Trinajstić information content (AvgIpc) is 3.63. The standard InChI is InChI=1S/C42H66N2O5/c1-25(2)28-13-19-42(37(48)44-27-10-9-26(21-27)24-43)20-14-30-29(36(28)42)11-12-32-40(30,7)17-15-31-39(5,6)33(16-18-41(31,32)8)49-35(47)23-38(3,4)22-34(45)46/h14,26-29,31-33,36H,1,9-13,15-24,43H2,2-8H3,(H,44,48)(H,45,46)/t26?,27?,28-,29-,31-,32-,33?,36+,40-,41-,42-/m0/s1. The number of carbonyl (C=O) groups excluding carboxylic acids is 2. The Morgan fingerprint density at radius 3 is 2.37 bits per heavy atom. The zero-order chi connectivity index (χ0) is 35.7. The van der Waals surface area contributed by atoms with Gasteiger partial charge in [0.25, 0.3) is 0 Å². The van der Waals surface area contributed by atoms with Crippen LogP contribution in [0.2, 0.25) is 0 Å². The number of aliphatic carboxylic acids is 1. The third-order valence-electron chi connectivity index (χ3n) is 15.7. The number of esters is 1. The number of hydrogen-bond donors (Lipinski definition) is 3. The third kappa shape index (κ3) is 6.14. The molecular weight excluding hydrogens is 612 g/mol. The van der Waals surface area contributed by atoms with Gasteiger partial charge in [-0.1, -0.05) is 65.3 Å². The lowest BCUT2D eigenvalue weighted by Crippen LogP contribution is -2.62. The third-order valence-corrected chi connectivity index (χ3v) is 15.7. The first-order valence-corrected chi connectivity index (χ1v) is 19.7. The topological polar surface area (TPSA) is 119 Å². The molecule has 4 N–H and O–H groups in total. The molecule has 0 saturated heterocycles. The van der Waals surface area contributed by atoms with Gasteiger partial charge in [-0.15, -0.1) is 0 Å². The van der Waals surface area contributed by atoms with E-state index in [0.717, 1.165) is 70.6 Å². The van der Waals surface area contributed by atoms with Crippen LogP contribution in [0.15, 0.2) is 23.8 Å². The maximum atomic E-state index is 14.4. The zero-order valence-corrected chi connectivity index (χ0v) is 31.7. The summed E-state index contributed by atoms with van der Waals surface area (Å²) in [4.78, 5) is 39.0. The van der Waals surface area contributed by atoms with Crippen molar-refractivity contribution in [1.82, 2.24) is 5.32 Å². The van der Waals surface area contributed by atoms with Gasteiger partial charge in [-0.3, -0.25) is 14.4 Å². The first-order chi connectivity index (χ1) is 22.9. The van der Waals surface area contributed by atoms with Crippen molar-refractivity contribution in [2.24, 2.45) is 68.3 Å². The molecule has 5 fully saturated rings. The van der Waals surface area contributed by atoms with E-state index in [1.54, 1.807) is 5.57 Å². The van der Waals surface area contributed by atoms with Crippen LogP contribution in [0.1, 0.15) is 138 Å². The van der Waals surface area contributed by atoms with Crippen molar-refractivity contribution in [1.29, 1.82) is 0 Å². The van der Waals surface area contributed by atoms with E-state index in [9.17, 15) is 19.5 Å². The van der Waals surface area contributed by atoms with Crippen molar-refractivity contribution in [2.75, 3.05) is 6.54 Å². The fourth-order valence-corrected chi connectivity index (χ4v) is 13.5. The summed E-state index contributed by atoms with van der Waals surface area (Å²) in [6, 6.07) is 0.253. The summed E-state index contributed by atoms with van der Waals surface area (Å²) >= 11 is 0. The number of carboxylic acid groups (broad SMARTS) is 1. The van der Waals surface area contributed by atoms with Gasteiger partial charge < -0.3 is 20.9 Å². The molecule has 0 bridgehead atoms. The Labute approximate surface area is 296 Å². The Balaban J connectivity index is 1.23. The maximum Gasteiger partial charge on any atom is 0.306 e. The van der Waals surface area contributed by atoms with Crippen LogP contribution < -0.4 is 11.1 Å². The number of nitrogens with one attached hydrogen (secondary N) is 1. The first kappa shape index (κ1) is 36.6. The summed E-state index contributed by atoms with van der Waals surface area (Å²) in [5.74, 6) is 1.76. The average molecular weight is 679 g/mol. The molecule has 0 aromatic rings. The lowest BCUT2D eigenvalue weighted by Gasteiger charge is -2.67. The van der Waals surface area contributed by atoms with Crippen LogP contribution in [-0.4, -0.2) is 41.6 Å². The minimum absolute atomic E-state index is 0.0521. The largest absolute Gasteiger partial charge is 0.481 e. The number of hydrogen-bond acceptors (Lipinski definition) is 5. The fraction of sp³-hybridized carbons (Fsp3) is 0.833. The molecule has 0 radical (unpaired) electrons. The molecule has 0 aliphatic heterocycles. The summed E-state index contributed by atoms with van der Waals surface area (Å²) in [5, 5.41) is 12.9. The lowest BCUT2D eigenvalue weighted by atomic mass is 9.38. The van der Waals surface area contributed by atoms with Gasteiger partial charge in [0.1, 0.15) is 6.10 Å². The summed E-state index contributed by atoms with van der Waals surface area (Å²) in [6.45, 7) is 20.8. The number of carboxylic acids is 1. The molecule has 0 spiro atoms. The fourth-order valence-electron chi connectivity index (χ4n) is 13.5. The van der Waals surface area contributed by atoms with E-state index in [2.05, 4.69) is 52.6 Å². The Hall–Kier alpha value is -2.15. The quantitative estimate of drug-likeness (QED) is 0.167. The smallest absolute Gasteiger partial charge is 0.306 e. The second kappa shape index (κ2) is 12.8. The predicted molar refractivity (Wildman–Crippen MR) is 193 cm³/mol. The van der Waals surface area contributed by atoms with Crippen molar-refractivity contribution < 1.29 is 24.2 Å². The second-order valence-electron chi connectivity index (χ2n) is 19.6. The normalized spacial score (nSPS) is 42.5. The van der Waals surface area contributed by atoms with Gasteiger partial charge in [0, 0.05) is 11.5 Å². The molecule has 6 aliphatic rings.